The molecule has 232 valence electrons. The van der Waals surface area contributed by atoms with Gasteiger partial charge in [0.1, 0.15) is 12.3 Å². The molecule has 1 heterocycles. The second-order valence-corrected chi connectivity index (χ2v) is 12.0. The molecular weight excluding hydrogens is 512 g/mol. The van der Waals surface area contributed by atoms with Crippen molar-refractivity contribution in [2.45, 2.75) is 111 Å². The highest BCUT2D eigenvalue weighted by Gasteiger charge is 2.41. The van der Waals surface area contributed by atoms with Crippen molar-refractivity contribution in [2.75, 3.05) is 34.9 Å². The molecule has 0 bridgehead atoms. The number of aldehydes is 1. The van der Waals surface area contributed by atoms with E-state index in [0.29, 0.717) is 6.54 Å². The summed E-state index contributed by atoms with van der Waals surface area (Å²) >= 11 is 0. The maximum atomic E-state index is 13.9. The summed E-state index contributed by atoms with van der Waals surface area (Å²) in [5, 5.41) is 6.01. The van der Waals surface area contributed by atoms with E-state index in [0.717, 1.165) is 25.5 Å². The summed E-state index contributed by atoms with van der Waals surface area (Å²) < 4.78 is 11.6. The first kappa shape index (κ1) is 36.0. The van der Waals surface area contributed by atoms with Gasteiger partial charge in [-0.2, -0.15) is 0 Å². The highest BCUT2D eigenvalue weighted by molar-refractivity contribution is 5.90. The molecule has 0 spiro atoms. The maximum absolute atomic E-state index is 13.9. The van der Waals surface area contributed by atoms with E-state index in [1.54, 1.807) is 33.2 Å². The smallest absolute Gasteiger partial charge is 0.245 e. The number of methoxy groups -OCH3 is 2. The zero-order valence-electron chi connectivity index (χ0n) is 26.7. The van der Waals surface area contributed by atoms with Crippen LogP contribution in [0.2, 0.25) is 0 Å². The second-order valence-electron chi connectivity index (χ2n) is 12.0. The van der Waals surface area contributed by atoms with Gasteiger partial charge in [-0.15, -0.1) is 0 Å². The van der Waals surface area contributed by atoms with Crippen molar-refractivity contribution in [1.29, 1.82) is 0 Å². The monoisotopic (exact) mass is 568 g/mol. The van der Waals surface area contributed by atoms with Crippen molar-refractivity contribution < 1.29 is 28.7 Å². The lowest BCUT2D eigenvalue weighted by molar-refractivity contribution is -0.147. The zero-order valence-corrected chi connectivity index (χ0v) is 26.7. The fourth-order valence-electron chi connectivity index (χ4n) is 6.01. The van der Waals surface area contributed by atoms with Crippen molar-refractivity contribution in [1.82, 2.24) is 20.4 Å². The van der Waals surface area contributed by atoms with Gasteiger partial charge in [-0.3, -0.25) is 14.4 Å². The lowest BCUT2D eigenvalue weighted by Crippen LogP contribution is -2.59. The number of amides is 3. The molecule has 0 aromatic rings. The Morgan fingerprint density at radius 2 is 1.62 bits per heavy atom. The number of nitrogens with one attached hydrogen (secondary N) is 2. The topological polar surface area (TPSA) is 117 Å². The Morgan fingerprint density at radius 1 is 1.02 bits per heavy atom. The van der Waals surface area contributed by atoms with Gasteiger partial charge in [0.2, 0.25) is 17.7 Å². The van der Waals surface area contributed by atoms with Gasteiger partial charge in [-0.1, -0.05) is 54.9 Å². The minimum atomic E-state index is -0.720. The van der Waals surface area contributed by atoms with E-state index in [1.165, 1.54) is 0 Å². The minimum absolute atomic E-state index is 0.0344. The predicted octanol–water partition coefficient (Wildman–Crippen LogP) is 2.49. The molecule has 1 fully saturated rings. The van der Waals surface area contributed by atoms with Crippen molar-refractivity contribution in [3.63, 3.8) is 0 Å². The fourth-order valence-corrected chi connectivity index (χ4v) is 6.01. The van der Waals surface area contributed by atoms with Crippen molar-refractivity contribution in [2.24, 2.45) is 23.7 Å². The first-order valence-electron chi connectivity index (χ1n) is 14.9. The molecule has 1 saturated heterocycles. The molecule has 10 nitrogen and oxygen atoms in total. The van der Waals surface area contributed by atoms with Crippen LogP contribution in [-0.2, 0) is 28.7 Å². The SMILES string of the molecule is CC[C@H](C)C([C@@H](CC(=O)N1CCC[C@H]1[C@H](OC)[C@@H](C)C=O)OC)N(C)C(=O)[C@@H](NC(=O)[C@@H](NC)C(C)C)C(C)C. The zero-order chi connectivity index (χ0) is 30.7. The van der Waals surface area contributed by atoms with Gasteiger partial charge in [0.25, 0.3) is 0 Å². The van der Waals surface area contributed by atoms with Crippen LogP contribution < -0.4 is 10.6 Å². The van der Waals surface area contributed by atoms with E-state index in [-0.39, 0.29) is 66.0 Å². The molecule has 0 aliphatic carbocycles. The summed E-state index contributed by atoms with van der Waals surface area (Å²) in [6.07, 6.45) is 2.43. The minimum Gasteiger partial charge on any atom is -0.379 e. The van der Waals surface area contributed by atoms with Gasteiger partial charge in [0.05, 0.1) is 36.8 Å². The molecule has 0 aromatic heterocycles. The van der Waals surface area contributed by atoms with E-state index in [2.05, 4.69) is 17.6 Å². The van der Waals surface area contributed by atoms with Gasteiger partial charge >= 0.3 is 0 Å². The Hall–Kier alpha value is -2.04. The molecule has 2 N–H and O–H groups in total. The largest absolute Gasteiger partial charge is 0.379 e. The van der Waals surface area contributed by atoms with Crippen LogP contribution in [0, 0.1) is 23.7 Å². The predicted molar refractivity (Wildman–Crippen MR) is 157 cm³/mol. The van der Waals surface area contributed by atoms with Gasteiger partial charge in [0, 0.05) is 33.7 Å². The molecule has 1 unspecified atom stereocenters. The Kier molecular flexibility index (Phi) is 15.3. The summed E-state index contributed by atoms with van der Waals surface area (Å²) in [6.45, 7) is 14.2. The summed E-state index contributed by atoms with van der Waals surface area (Å²) in [7, 11) is 6.62. The van der Waals surface area contributed by atoms with Crippen LogP contribution in [0.4, 0.5) is 0 Å². The summed E-state index contributed by atoms with van der Waals surface area (Å²) in [6, 6.07) is -1.70. The standard InChI is InChI=1S/C30H56N4O6/c1-12-20(6)27(33(9)30(38)26(19(4)5)32-29(37)25(31-8)18(2)3)23(39-10)16-24(36)34-15-13-14-22(34)28(40-11)21(7)17-35/h17-23,25-28,31H,12-16H2,1-11H3,(H,32,37)/t20-,21-,22-,23+,25-,26-,27?,28+/m0/s1. The summed E-state index contributed by atoms with van der Waals surface area (Å²) in [4.78, 5) is 55.6. The number of carbonyl (C=O) groups is 4. The van der Waals surface area contributed by atoms with Gasteiger partial charge < -0.3 is 34.7 Å². The first-order chi connectivity index (χ1) is 18.8. The molecular formula is C30H56N4O6. The molecule has 1 aliphatic heterocycles. The number of ether oxygens (including phenoxy) is 2. The van der Waals surface area contributed by atoms with E-state index in [9.17, 15) is 19.2 Å². The van der Waals surface area contributed by atoms with E-state index in [1.807, 2.05) is 46.4 Å². The van der Waals surface area contributed by atoms with E-state index < -0.39 is 18.2 Å². The number of likely N-dealkylation sites (N-methyl/N-ethyl adjacent to an activating group) is 2. The number of likely N-dealkylation sites (tertiary alicyclic amines) is 1. The summed E-state index contributed by atoms with van der Waals surface area (Å²) in [5.74, 6) is -0.879. The van der Waals surface area contributed by atoms with Crippen LogP contribution in [0.1, 0.15) is 74.1 Å². The lowest BCUT2D eigenvalue weighted by Gasteiger charge is -2.41. The highest BCUT2D eigenvalue weighted by Crippen LogP contribution is 2.29. The number of nitrogens with zero attached hydrogens (tertiary/aromatic N) is 2. The number of hydrogen-bond donors (Lipinski definition) is 2. The lowest BCUT2D eigenvalue weighted by atomic mass is 9.89. The fraction of sp³-hybridized carbons (Fsp3) is 0.867. The average molecular weight is 569 g/mol. The molecule has 1 rings (SSSR count). The number of carbonyl (C=O) groups excluding carboxylic acids is 4. The quantitative estimate of drug-likeness (QED) is 0.259. The Balaban J connectivity index is 3.22. The first-order valence-corrected chi connectivity index (χ1v) is 14.9. The summed E-state index contributed by atoms with van der Waals surface area (Å²) in [5.41, 5.74) is 0. The second kappa shape index (κ2) is 17.0. The van der Waals surface area contributed by atoms with Crippen LogP contribution in [-0.4, -0.2) is 105 Å². The Morgan fingerprint density at radius 3 is 2.08 bits per heavy atom. The Labute approximate surface area is 242 Å². The van der Waals surface area contributed by atoms with Crippen LogP contribution in [0.3, 0.4) is 0 Å². The van der Waals surface area contributed by atoms with E-state index >= 15 is 0 Å². The molecule has 0 saturated carbocycles. The third kappa shape index (κ3) is 8.98. The van der Waals surface area contributed by atoms with Crippen molar-refractivity contribution in [3.05, 3.63) is 0 Å². The van der Waals surface area contributed by atoms with Crippen LogP contribution in [0.15, 0.2) is 0 Å². The van der Waals surface area contributed by atoms with Crippen LogP contribution in [0.5, 0.6) is 0 Å². The van der Waals surface area contributed by atoms with Crippen LogP contribution in [0.25, 0.3) is 0 Å². The van der Waals surface area contributed by atoms with Crippen LogP contribution >= 0.6 is 0 Å². The maximum Gasteiger partial charge on any atom is 0.245 e. The van der Waals surface area contributed by atoms with Crippen molar-refractivity contribution in [3.8, 4) is 0 Å². The molecule has 8 atom stereocenters. The van der Waals surface area contributed by atoms with Crippen molar-refractivity contribution >= 4 is 24.0 Å². The number of rotatable bonds is 17. The molecule has 3 amide bonds. The third-order valence-electron chi connectivity index (χ3n) is 8.58. The van der Waals surface area contributed by atoms with Gasteiger partial charge in [0.15, 0.2) is 0 Å². The highest BCUT2D eigenvalue weighted by atomic mass is 16.5. The van der Waals surface area contributed by atoms with E-state index in [4.69, 9.17) is 9.47 Å². The molecule has 1 aliphatic rings. The Bertz CT molecular complexity index is 822. The van der Waals surface area contributed by atoms with Gasteiger partial charge in [-0.25, -0.2) is 0 Å². The third-order valence-corrected chi connectivity index (χ3v) is 8.58. The van der Waals surface area contributed by atoms with Gasteiger partial charge in [-0.05, 0) is 37.6 Å². The molecule has 40 heavy (non-hydrogen) atoms. The molecule has 10 heteroatoms. The number of hydrogen-bond acceptors (Lipinski definition) is 7. The normalized spacial score (nSPS) is 20.9. The molecule has 0 aromatic carbocycles. The average Bonchev–Trinajstić information content (AvgIpc) is 3.40. The molecule has 0 radical (unpaired) electrons.